The Morgan fingerprint density at radius 3 is 1.98 bits per heavy atom. The number of hydrogen-bond donors (Lipinski definition) is 0. The van der Waals surface area contributed by atoms with Crippen LogP contribution in [0.5, 0.6) is 0 Å². The molecule has 6 nitrogen and oxygen atoms in total. The van der Waals surface area contributed by atoms with E-state index < -0.39 is 5.41 Å². The maximum atomic E-state index is 6.29. The highest BCUT2D eigenvalue weighted by atomic mass is 16.3. The number of aromatic nitrogens is 5. The highest BCUT2D eigenvalue weighted by Crippen LogP contribution is 2.54. The SMILES string of the molecule is CC1(C)c2c(-c3nc(-c4ccccc4)nc(-c4cccc5oc6ccccc6c45)n3)cccc2-c2cccc(-n3c4ccccc4c4cccnc43)c21. The molecule has 0 saturated carbocycles. The minimum atomic E-state index is -0.412. The van der Waals surface area contributed by atoms with Crippen molar-refractivity contribution in [2.45, 2.75) is 19.3 Å². The zero-order valence-corrected chi connectivity index (χ0v) is 29.1. The van der Waals surface area contributed by atoms with Gasteiger partial charge in [0.1, 0.15) is 16.8 Å². The molecular formula is C47H31N5O. The van der Waals surface area contributed by atoms with Crippen molar-refractivity contribution in [2.75, 3.05) is 0 Å². The van der Waals surface area contributed by atoms with E-state index in [1.165, 1.54) is 27.6 Å². The van der Waals surface area contributed by atoms with E-state index in [4.69, 9.17) is 24.4 Å². The predicted octanol–water partition coefficient (Wildman–Crippen LogP) is 11.6. The Bertz CT molecular complexity index is 3050. The topological polar surface area (TPSA) is 69.6 Å². The van der Waals surface area contributed by atoms with Crippen molar-refractivity contribution in [3.63, 3.8) is 0 Å². The lowest BCUT2D eigenvalue weighted by atomic mass is 9.79. The molecule has 0 radical (unpaired) electrons. The van der Waals surface area contributed by atoms with Gasteiger partial charge in [-0.1, -0.05) is 123 Å². The first-order chi connectivity index (χ1) is 26.1. The van der Waals surface area contributed by atoms with Crippen LogP contribution in [0.4, 0.5) is 0 Å². The number of pyridine rings is 1. The van der Waals surface area contributed by atoms with Crippen LogP contribution >= 0.6 is 0 Å². The summed E-state index contributed by atoms with van der Waals surface area (Å²) in [4.78, 5) is 20.6. The maximum absolute atomic E-state index is 6.29. The van der Waals surface area contributed by atoms with E-state index in [2.05, 4.69) is 109 Å². The van der Waals surface area contributed by atoms with Crippen LogP contribution in [0.3, 0.4) is 0 Å². The van der Waals surface area contributed by atoms with Crippen LogP contribution in [-0.4, -0.2) is 24.5 Å². The van der Waals surface area contributed by atoms with Gasteiger partial charge in [-0.05, 0) is 58.7 Å². The Morgan fingerprint density at radius 2 is 1.11 bits per heavy atom. The summed E-state index contributed by atoms with van der Waals surface area (Å²) in [6, 6.07) is 50.3. The third-order valence-corrected chi connectivity index (χ3v) is 10.9. The van der Waals surface area contributed by atoms with Gasteiger partial charge in [0.25, 0.3) is 0 Å². The summed E-state index contributed by atoms with van der Waals surface area (Å²) in [5.74, 6) is 1.86. The fourth-order valence-corrected chi connectivity index (χ4v) is 8.70. The minimum absolute atomic E-state index is 0.412. The van der Waals surface area contributed by atoms with Gasteiger partial charge in [0.05, 0.1) is 11.2 Å². The summed E-state index contributed by atoms with van der Waals surface area (Å²) in [5, 5.41) is 4.36. The Hall–Kier alpha value is -6.92. The van der Waals surface area contributed by atoms with E-state index in [1.807, 2.05) is 60.8 Å². The lowest BCUT2D eigenvalue weighted by Gasteiger charge is -2.27. The smallest absolute Gasteiger partial charge is 0.164 e. The second-order valence-electron chi connectivity index (χ2n) is 14.2. The van der Waals surface area contributed by atoms with Crippen LogP contribution in [0.1, 0.15) is 25.0 Å². The number of fused-ring (bicyclic) bond motifs is 9. The van der Waals surface area contributed by atoms with E-state index in [1.54, 1.807) is 0 Å². The average Bonchev–Trinajstić information content (AvgIpc) is 3.84. The fraction of sp³-hybridized carbons (Fsp3) is 0.0638. The summed E-state index contributed by atoms with van der Waals surface area (Å²) in [6.07, 6.45) is 1.88. The van der Waals surface area contributed by atoms with Gasteiger partial charge >= 0.3 is 0 Å². The van der Waals surface area contributed by atoms with Gasteiger partial charge in [0.2, 0.25) is 0 Å². The lowest BCUT2D eigenvalue weighted by molar-refractivity contribution is 0.657. The first kappa shape index (κ1) is 29.8. The highest BCUT2D eigenvalue weighted by molar-refractivity contribution is 6.12. The summed E-state index contributed by atoms with van der Waals surface area (Å²) in [5.41, 5.74) is 12.1. The van der Waals surface area contributed by atoms with Crippen molar-refractivity contribution in [3.8, 4) is 51.0 Å². The van der Waals surface area contributed by atoms with Crippen molar-refractivity contribution < 1.29 is 4.42 Å². The van der Waals surface area contributed by atoms with Crippen LogP contribution in [0.15, 0.2) is 156 Å². The molecule has 6 aromatic carbocycles. The standard InChI is InChI=1S/C47H31N5O/c1-47(2)41-30(31-19-11-24-37(42(31)47)52-36-23-8-6-16-29(36)32-22-13-27-48-46(32)52)18-10-21-35(41)45-50-43(28-14-4-3-5-15-28)49-44(51-45)34-20-12-26-39-40(34)33-17-7-9-25-38(33)53-39/h3-27H,1-2H3. The number of para-hydroxylation sites is 2. The Morgan fingerprint density at radius 1 is 0.491 bits per heavy atom. The summed E-state index contributed by atoms with van der Waals surface area (Å²) in [7, 11) is 0. The van der Waals surface area contributed by atoms with Gasteiger partial charge in [0, 0.05) is 49.8 Å². The zero-order chi connectivity index (χ0) is 35.3. The van der Waals surface area contributed by atoms with Crippen LogP contribution < -0.4 is 0 Å². The third-order valence-electron chi connectivity index (χ3n) is 10.9. The molecule has 0 spiro atoms. The molecule has 11 rings (SSSR count). The molecule has 0 aliphatic heterocycles. The molecule has 0 amide bonds. The number of nitrogens with zero attached hydrogens (tertiary/aromatic N) is 5. The molecule has 0 atom stereocenters. The Balaban J connectivity index is 1.16. The second kappa shape index (κ2) is 11.0. The van der Waals surface area contributed by atoms with Gasteiger partial charge in [-0.3, -0.25) is 4.57 Å². The van der Waals surface area contributed by atoms with E-state index in [9.17, 15) is 0 Å². The highest BCUT2D eigenvalue weighted by Gasteiger charge is 2.41. The first-order valence-corrected chi connectivity index (χ1v) is 17.9. The first-order valence-electron chi connectivity index (χ1n) is 17.9. The maximum Gasteiger partial charge on any atom is 0.164 e. The van der Waals surface area contributed by atoms with Crippen LogP contribution in [0.25, 0.3) is 94.9 Å². The Kier molecular flexibility index (Phi) is 6.20. The normalized spacial score (nSPS) is 13.2. The van der Waals surface area contributed by atoms with E-state index in [0.717, 1.165) is 60.9 Å². The van der Waals surface area contributed by atoms with Gasteiger partial charge in [-0.25, -0.2) is 19.9 Å². The number of hydrogen-bond acceptors (Lipinski definition) is 5. The molecule has 4 aromatic heterocycles. The van der Waals surface area contributed by atoms with Crippen molar-refractivity contribution in [3.05, 3.63) is 163 Å². The van der Waals surface area contributed by atoms with Gasteiger partial charge in [-0.15, -0.1) is 0 Å². The molecule has 250 valence electrons. The van der Waals surface area contributed by atoms with Gasteiger partial charge < -0.3 is 4.42 Å². The molecule has 0 saturated heterocycles. The number of furan rings is 1. The van der Waals surface area contributed by atoms with Crippen molar-refractivity contribution in [2.24, 2.45) is 0 Å². The molecule has 6 heteroatoms. The summed E-state index contributed by atoms with van der Waals surface area (Å²) < 4.78 is 8.62. The second-order valence-corrected chi connectivity index (χ2v) is 14.2. The van der Waals surface area contributed by atoms with Crippen molar-refractivity contribution >= 4 is 43.9 Å². The largest absolute Gasteiger partial charge is 0.456 e. The minimum Gasteiger partial charge on any atom is -0.456 e. The predicted molar refractivity (Wildman–Crippen MR) is 213 cm³/mol. The third kappa shape index (κ3) is 4.26. The summed E-state index contributed by atoms with van der Waals surface area (Å²) >= 11 is 0. The molecule has 4 heterocycles. The fourth-order valence-electron chi connectivity index (χ4n) is 8.70. The van der Waals surface area contributed by atoms with Gasteiger partial charge in [-0.2, -0.15) is 0 Å². The molecule has 0 N–H and O–H groups in total. The van der Waals surface area contributed by atoms with Crippen LogP contribution in [-0.2, 0) is 5.41 Å². The number of rotatable bonds is 4. The van der Waals surface area contributed by atoms with Crippen LogP contribution in [0.2, 0.25) is 0 Å². The molecule has 0 fully saturated rings. The molecule has 0 unspecified atom stereocenters. The Labute approximate surface area is 305 Å². The molecular weight excluding hydrogens is 651 g/mol. The van der Waals surface area contributed by atoms with Crippen molar-refractivity contribution in [1.82, 2.24) is 24.5 Å². The quantitative estimate of drug-likeness (QED) is 0.185. The monoisotopic (exact) mass is 681 g/mol. The van der Waals surface area contributed by atoms with Gasteiger partial charge in [0.15, 0.2) is 17.5 Å². The van der Waals surface area contributed by atoms with E-state index in [-0.39, 0.29) is 0 Å². The van der Waals surface area contributed by atoms with E-state index in [0.29, 0.717) is 17.5 Å². The van der Waals surface area contributed by atoms with Crippen molar-refractivity contribution in [1.29, 1.82) is 0 Å². The molecule has 1 aliphatic rings. The molecule has 0 bridgehead atoms. The summed E-state index contributed by atoms with van der Waals surface area (Å²) in [6.45, 7) is 4.65. The van der Waals surface area contributed by atoms with Crippen LogP contribution in [0, 0.1) is 0 Å². The molecule has 10 aromatic rings. The van der Waals surface area contributed by atoms with E-state index >= 15 is 0 Å². The average molecular weight is 682 g/mol. The lowest BCUT2D eigenvalue weighted by Crippen LogP contribution is -2.19. The number of benzene rings is 6. The molecule has 1 aliphatic carbocycles. The molecule has 53 heavy (non-hydrogen) atoms. The zero-order valence-electron chi connectivity index (χ0n) is 29.1.